The maximum absolute atomic E-state index is 9.87. The van der Waals surface area contributed by atoms with Gasteiger partial charge in [0.15, 0.2) is 0 Å². The van der Waals surface area contributed by atoms with E-state index in [4.69, 9.17) is 10.5 Å². The van der Waals surface area contributed by atoms with E-state index in [0.717, 1.165) is 37.2 Å². The summed E-state index contributed by atoms with van der Waals surface area (Å²) in [5.41, 5.74) is 6.30. The number of ether oxygens (including phenoxy) is 1. The third kappa shape index (κ3) is 3.22. The van der Waals surface area contributed by atoms with Crippen molar-refractivity contribution in [1.82, 2.24) is 4.90 Å². The van der Waals surface area contributed by atoms with Gasteiger partial charge < -0.3 is 20.5 Å². The van der Waals surface area contributed by atoms with E-state index in [1.165, 1.54) is 0 Å². The molecule has 0 aliphatic carbocycles. The highest BCUT2D eigenvalue weighted by Gasteiger charge is 2.20. The molecule has 0 spiro atoms. The first-order chi connectivity index (χ1) is 8.70. The molecule has 1 aliphatic heterocycles. The molecule has 0 radical (unpaired) electrons. The fourth-order valence-electron chi connectivity index (χ4n) is 2.27. The summed E-state index contributed by atoms with van der Waals surface area (Å²) in [6, 6.07) is 7.61. The lowest BCUT2D eigenvalue weighted by atomic mass is 10.1. The first-order valence-corrected chi connectivity index (χ1v) is 6.53. The highest BCUT2D eigenvalue weighted by Crippen LogP contribution is 2.27. The van der Waals surface area contributed by atoms with Crippen LogP contribution in [0.25, 0.3) is 0 Å². The van der Waals surface area contributed by atoms with E-state index >= 15 is 0 Å². The minimum atomic E-state index is -0.646. The van der Waals surface area contributed by atoms with Crippen LogP contribution in [0.15, 0.2) is 24.3 Å². The van der Waals surface area contributed by atoms with Gasteiger partial charge >= 0.3 is 0 Å². The van der Waals surface area contributed by atoms with Gasteiger partial charge in [0.05, 0.1) is 6.10 Å². The van der Waals surface area contributed by atoms with Crippen molar-refractivity contribution in [3.8, 4) is 5.75 Å². The molecule has 0 aromatic heterocycles. The summed E-state index contributed by atoms with van der Waals surface area (Å²) in [6.07, 6.45) is 1.66. The number of para-hydroxylation sites is 1. The van der Waals surface area contributed by atoms with Crippen LogP contribution in [-0.2, 0) is 0 Å². The molecule has 1 aromatic carbocycles. The Morgan fingerprint density at radius 2 is 2.06 bits per heavy atom. The van der Waals surface area contributed by atoms with Crippen LogP contribution in [-0.4, -0.2) is 42.8 Å². The number of benzene rings is 1. The average molecular weight is 250 g/mol. The van der Waals surface area contributed by atoms with Crippen molar-refractivity contribution in [2.75, 3.05) is 26.7 Å². The molecule has 0 amide bonds. The fourth-order valence-corrected chi connectivity index (χ4v) is 2.27. The SMILES string of the molecule is CN1CCC(Oc2ccccc2C(O)CN)CC1. The Hall–Kier alpha value is -1.10. The Morgan fingerprint density at radius 1 is 1.39 bits per heavy atom. The largest absolute Gasteiger partial charge is 0.490 e. The number of hydrogen-bond donors (Lipinski definition) is 2. The first kappa shape index (κ1) is 13.3. The van der Waals surface area contributed by atoms with Crippen molar-refractivity contribution in [2.45, 2.75) is 25.0 Å². The van der Waals surface area contributed by atoms with Gasteiger partial charge in [0.25, 0.3) is 0 Å². The molecule has 4 heteroatoms. The Kier molecular flexibility index (Phi) is 4.58. The van der Waals surface area contributed by atoms with E-state index in [1.54, 1.807) is 0 Å². The predicted molar refractivity (Wildman–Crippen MR) is 71.6 cm³/mol. The van der Waals surface area contributed by atoms with Gasteiger partial charge in [-0.25, -0.2) is 0 Å². The normalized spacial score (nSPS) is 19.7. The molecule has 1 fully saturated rings. The molecule has 1 atom stereocenters. The first-order valence-electron chi connectivity index (χ1n) is 6.53. The number of nitrogens with two attached hydrogens (primary N) is 1. The van der Waals surface area contributed by atoms with E-state index in [-0.39, 0.29) is 12.6 Å². The van der Waals surface area contributed by atoms with Crippen molar-refractivity contribution in [3.63, 3.8) is 0 Å². The van der Waals surface area contributed by atoms with Crippen LogP contribution in [0.1, 0.15) is 24.5 Å². The average Bonchev–Trinajstić information content (AvgIpc) is 2.41. The molecule has 0 saturated carbocycles. The number of nitrogens with zero attached hydrogens (tertiary/aromatic N) is 1. The van der Waals surface area contributed by atoms with Crippen molar-refractivity contribution in [3.05, 3.63) is 29.8 Å². The Bertz CT molecular complexity index is 376. The third-order valence-electron chi connectivity index (χ3n) is 3.46. The second-order valence-corrected chi connectivity index (χ2v) is 4.91. The maximum atomic E-state index is 9.87. The van der Waals surface area contributed by atoms with Gasteiger partial charge in [-0.1, -0.05) is 18.2 Å². The van der Waals surface area contributed by atoms with Crippen LogP contribution >= 0.6 is 0 Å². The van der Waals surface area contributed by atoms with Crippen LogP contribution in [0.3, 0.4) is 0 Å². The van der Waals surface area contributed by atoms with Crippen LogP contribution in [0, 0.1) is 0 Å². The van der Waals surface area contributed by atoms with Gasteiger partial charge in [-0.15, -0.1) is 0 Å². The number of rotatable bonds is 4. The number of piperidine rings is 1. The van der Waals surface area contributed by atoms with E-state index in [0.29, 0.717) is 0 Å². The number of aliphatic hydroxyl groups is 1. The second-order valence-electron chi connectivity index (χ2n) is 4.91. The number of aliphatic hydroxyl groups excluding tert-OH is 1. The second kappa shape index (κ2) is 6.18. The summed E-state index contributed by atoms with van der Waals surface area (Å²) in [4.78, 5) is 2.31. The van der Waals surface area contributed by atoms with Crippen LogP contribution in [0.5, 0.6) is 5.75 Å². The lowest BCUT2D eigenvalue weighted by molar-refractivity contribution is 0.108. The minimum absolute atomic E-state index is 0.216. The molecule has 0 bridgehead atoms. The van der Waals surface area contributed by atoms with E-state index in [2.05, 4.69) is 11.9 Å². The summed E-state index contributed by atoms with van der Waals surface area (Å²) in [7, 11) is 2.13. The molecular formula is C14H22N2O2. The molecule has 1 aromatic rings. The highest BCUT2D eigenvalue weighted by atomic mass is 16.5. The zero-order valence-electron chi connectivity index (χ0n) is 10.9. The molecule has 1 aliphatic rings. The van der Waals surface area contributed by atoms with Gasteiger partial charge in [-0.05, 0) is 26.0 Å². The lowest BCUT2D eigenvalue weighted by Crippen LogP contribution is -2.35. The number of hydrogen-bond acceptors (Lipinski definition) is 4. The molecule has 1 unspecified atom stereocenters. The Labute approximate surface area is 108 Å². The molecule has 1 saturated heterocycles. The summed E-state index contributed by atoms with van der Waals surface area (Å²) in [6.45, 7) is 2.34. The monoisotopic (exact) mass is 250 g/mol. The molecule has 18 heavy (non-hydrogen) atoms. The summed E-state index contributed by atoms with van der Waals surface area (Å²) < 4.78 is 6.02. The molecule has 1 heterocycles. The van der Waals surface area contributed by atoms with Gasteiger partial charge in [0.1, 0.15) is 11.9 Å². The van der Waals surface area contributed by atoms with Crippen molar-refractivity contribution in [2.24, 2.45) is 5.73 Å². The van der Waals surface area contributed by atoms with E-state index < -0.39 is 6.10 Å². The van der Waals surface area contributed by atoms with E-state index in [9.17, 15) is 5.11 Å². The zero-order valence-corrected chi connectivity index (χ0v) is 10.9. The van der Waals surface area contributed by atoms with Gasteiger partial charge in [-0.2, -0.15) is 0 Å². The summed E-state index contributed by atoms with van der Waals surface area (Å²) in [5, 5.41) is 9.87. The zero-order chi connectivity index (χ0) is 13.0. The van der Waals surface area contributed by atoms with Crippen LogP contribution < -0.4 is 10.5 Å². The van der Waals surface area contributed by atoms with Crippen molar-refractivity contribution < 1.29 is 9.84 Å². The topological polar surface area (TPSA) is 58.7 Å². The molecular weight excluding hydrogens is 228 g/mol. The highest BCUT2D eigenvalue weighted by molar-refractivity contribution is 5.35. The molecule has 2 rings (SSSR count). The third-order valence-corrected chi connectivity index (χ3v) is 3.46. The maximum Gasteiger partial charge on any atom is 0.125 e. The predicted octanol–water partition coefficient (Wildman–Crippen LogP) is 1.15. The lowest BCUT2D eigenvalue weighted by Gasteiger charge is -2.30. The van der Waals surface area contributed by atoms with Crippen molar-refractivity contribution >= 4 is 0 Å². The number of likely N-dealkylation sites (tertiary alicyclic amines) is 1. The molecule has 100 valence electrons. The molecule has 4 nitrogen and oxygen atoms in total. The quantitative estimate of drug-likeness (QED) is 0.841. The Balaban J connectivity index is 2.04. The van der Waals surface area contributed by atoms with Crippen LogP contribution in [0.4, 0.5) is 0 Å². The van der Waals surface area contributed by atoms with Gasteiger partial charge in [0, 0.05) is 25.2 Å². The van der Waals surface area contributed by atoms with E-state index in [1.807, 2.05) is 24.3 Å². The van der Waals surface area contributed by atoms with Crippen molar-refractivity contribution in [1.29, 1.82) is 0 Å². The van der Waals surface area contributed by atoms with Crippen LogP contribution in [0.2, 0.25) is 0 Å². The van der Waals surface area contributed by atoms with Gasteiger partial charge in [-0.3, -0.25) is 0 Å². The minimum Gasteiger partial charge on any atom is -0.490 e. The summed E-state index contributed by atoms with van der Waals surface area (Å²) in [5.74, 6) is 0.769. The molecule has 3 N–H and O–H groups in total. The Morgan fingerprint density at radius 3 is 2.72 bits per heavy atom. The summed E-state index contributed by atoms with van der Waals surface area (Å²) >= 11 is 0. The van der Waals surface area contributed by atoms with Gasteiger partial charge in [0.2, 0.25) is 0 Å². The smallest absolute Gasteiger partial charge is 0.125 e. The fraction of sp³-hybridized carbons (Fsp3) is 0.571. The standard InChI is InChI=1S/C14H22N2O2/c1-16-8-6-11(7-9-16)18-14-5-3-2-4-12(14)13(17)10-15/h2-5,11,13,17H,6-10,15H2,1H3.